The van der Waals surface area contributed by atoms with Crippen molar-refractivity contribution in [2.24, 2.45) is 5.73 Å². The zero-order chi connectivity index (χ0) is 15.1. The number of nitrogens with one attached hydrogen (secondary N) is 1. The topological polar surface area (TPSA) is 64.4 Å². The van der Waals surface area contributed by atoms with Crippen LogP contribution >= 0.6 is 15.9 Å². The molecule has 2 aromatic carbocycles. The van der Waals surface area contributed by atoms with Crippen LogP contribution in [0.3, 0.4) is 0 Å². The lowest BCUT2D eigenvalue weighted by atomic mass is 10.1. The van der Waals surface area contributed by atoms with Crippen molar-refractivity contribution in [1.29, 1.82) is 0 Å². The largest absolute Gasteiger partial charge is 0.456 e. The first kappa shape index (κ1) is 14.0. The van der Waals surface area contributed by atoms with Crippen molar-refractivity contribution in [2.75, 3.05) is 5.32 Å². The van der Waals surface area contributed by atoms with Gasteiger partial charge in [0.1, 0.15) is 29.2 Å². The predicted octanol–water partition coefficient (Wildman–Crippen LogP) is 3.47. The number of amides is 1. The van der Waals surface area contributed by atoms with E-state index in [4.69, 9.17) is 10.5 Å². The summed E-state index contributed by atoms with van der Waals surface area (Å²) in [5, 5.41) is 2.61. The summed E-state index contributed by atoms with van der Waals surface area (Å²) in [6.07, 6.45) is 0. The Kier molecular flexibility index (Phi) is 3.38. The Hall–Kier alpha value is -1.99. The van der Waals surface area contributed by atoms with Gasteiger partial charge < -0.3 is 15.8 Å². The first-order chi connectivity index (χ1) is 9.94. The molecule has 0 saturated carbocycles. The van der Waals surface area contributed by atoms with E-state index >= 15 is 0 Å². The van der Waals surface area contributed by atoms with Crippen LogP contribution in [0.5, 0.6) is 11.5 Å². The third-order valence-corrected chi connectivity index (χ3v) is 3.66. The summed E-state index contributed by atoms with van der Waals surface area (Å²) in [7, 11) is 0. The molecule has 2 aromatic rings. The molecule has 0 aromatic heterocycles. The van der Waals surface area contributed by atoms with Crippen molar-refractivity contribution in [3.8, 4) is 11.5 Å². The fourth-order valence-electron chi connectivity index (χ4n) is 2.08. The van der Waals surface area contributed by atoms with E-state index in [-0.39, 0.29) is 11.7 Å². The summed E-state index contributed by atoms with van der Waals surface area (Å²) in [5.41, 5.74) is 6.87. The lowest BCUT2D eigenvalue weighted by molar-refractivity contribution is -0.116. The Labute approximate surface area is 127 Å². The van der Waals surface area contributed by atoms with Gasteiger partial charge >= 0.3 is 0 Å². The third kappa shape index (κ3) is 2.62. The molecule has 3 rings (SSSR count). The number of hydrogen-bond donors (Lipinski definition) is 2. The van der Waals surface area contributed by atoms with E-state index in [9.17, 15) is 13.6 Å². The molecule has 0 bridgehead atoms. The van der Waals surface area contributed by atoms with Gasteiger partial charge in [-0.05, 0) is 22.0 Å². The number of nitrogens with two attached hydrogens (primary N) is 1. The maximum atomic E-state index is 13.1. The maximum Gasteiger partial charge on any atom is 0.245 e. The second kappa shape index (κ2) is 5.09. The SMILES string of the molecule is NC1C(=O)Nc2cc(Oc3cc(F)cc(F)c3)c(Br)cc21. The number of halogens is 3. The molecule has 1 unspecified atom stereocenters. The molecule has 108 valence electrons. The minimum atomic E-state index is -0.739. The highest BCUT2D eigenvalue weighted by molar-refractivity contribution is 9.10. The molecule has 1 amide bonds. The van der Waals surface area contributed by atoms with Gasteiger partial charge in [0, 0.05) is 35.5 Å². The van der Waals surface area contributed by atoms with Crippen LogP contribution in [0.4, 0.5) is 14.5 Å². The second-order valence-electron chi connectivity index (χ2n) is 4.54. The van der Waals surface area contributed by atoms with E-state index in [1.165, 1.54) is 0 Å². The van der Waals surface area contributed by atoms with Gasteiger partial charge in [-0.1, -0.05) is 0 Å². The van der Waals surface area contributed by atoms with Crippen LogP contribution in [0.1, 0.15) is 11.6 Å². The fourth-order valence-corrected chi connectivity index (χ4v) is 2.52. The maximum absolute atomic E-state index is 13.1. The number of hydrogen-bond acceptors (Lipinski definition) is 3. The smallest absolute Gasteiger partial charge is 0.245 e. The Balaban J connectivity index is 1.97. The van der Waals surface area contributed by atoms with Crippen molar-refractivity contribution in [3.05, 3.63) is 52.0 Å². The lowest BCUT2D eigenvalue weighted by Gasteiger charge is -2.10. The van der Waals surface area contributed by atoms with Crippen molar-refractivity contribution in [1.82, 2.24) is 0 Å². The van der Waals surface area contributed by atoms with Crippen LogP contribution in [-0.2, 0) is 4.79 Å². The van der Waals surface area contributed by atoms with Crippen LogP contribution in [-0.4, -0.2) is 5.91 Å². The summed E-state index contributed by atoms with van der Waals surface area (Å²) in [5.74, 6) is -1.46. The van der Waals surface area contributed by atoms with Crippen molar-refractivity contribution < 1.29 is 18.3 Å². The number of benzene rings is 2. The normalized spacial score (nSPS) is 16.6. The Morgan fingerprint density at radius 3 is 2.48 bits per heavy atom. The van der Waals surface area contributed by atoms with Gasteiger partial charge in [0.25, 0.3) is 0 Å². The highest BCUT2D eigenvalue weighted by atomic mass is 79.9. The average molecular weight is 355 g/mol. The van der Waals surface area contributed by atoms with E-state index in [0.717, 1.165) is 18.2 Å². The van der Waals surface area contributed by atoms with E-state index in [1.807, 2.05) is 0 Å². The molecule has 1 aliphatic rings. The molecule has 1 aliphatic heterocycles. The number of anilines is 1. The molecule has 0 spiro atoms. The monoisotopic (exact) mass is 354 g/mol. The van der Waals surface area contributed by atoms with Gasteiger partial charge in [0.2, 0.25) is 5.91 Å². The Morgan fingerprint density at radius 1 is 1.14 bits per heavy atom. The van der Waals surface area contributed by atoms with Crippen LogP contribution in [0, 0.1) is 11.6 Å². The Morgan fingerprint density at radius 2 is 1.81 bits per heavy atom. The van der Waals surface area contributed by atoms with Crippen molar-refractivity contribution in [2.45, 2.75) is 6.04 Å². The van der Waals surface area contributed by atoms with E-state index < -0.39 is 17.7 Å². The summed E-state index contributed by atoms with van der Waals surface area (Å²) in [6.45, 7) is 0. The average Bonchev–Trinajstić information content (AvgIpc) is 2.65. The number of carbonyl (C=O) groups excluding carboxylic acids is 1. The highest BCUT2D eigenvalue weighted by Crippen LogP contribution is 2.39. The summed E-state index contributed by atoms with van der Waals surface area (Å²) >= 11 is 3.28. The molecule has 4 nitrogen and oxygen atoms in total. The minimum absolute atomic E-state index is 0.0155. The van der Waals surface area contributed by atoms with Crippen LogP contribution in [0.2, 0.25) is 0 Å². The molecule has 21 heavy (non-hydrogen) atoms. The molecular formula is C14H9BrF2N2O2. The van der Waals surface area contributed by atoms with Gasteiger partial charge in [-0.2, -0.15) is 0 Å². The fraction of sp³-hybridized carbons (Fsp3) is 0.0714. The van der Waals surface area contributed by atoms with Gasteiger partial charge in [0.05, 0.1) is 4.47 Å². The van der Waals surface area contributed by atoms with Crippen molar-refractivity contribution in [3.63, 3.8) is 0 Å². The predicted molar refractivity (Wildman–Crippen MR) is 76.1 cm³/mol. The summed E-state index contributed by atoms with van der Waals surface area (Å²) in [6, 6.07) is 5.33. The second-order valence-corrected chi connectivity index (χ2v) is 5.40. The molecule has 7 heteroatoms. The molecule has 0 aliphatic carbocycles. The first-order valence-corrected chi connectivity index (χ1v) is 6.77. The molecular weight excluding hydrogens is 346 g/mol. The van der Waals surface area contributed by atoms with Gasteiger partial charge in [-0.15, -0.1) is 0 Å². The standard InChI is InChI=1S/C14H9BrF2N2O2/c15-10-4-9-11(19-14(20)13(9)18)5-12(10)21-8-2-6(16)1-7(17)3-8/h1-5,13H,18H2,(H,19,20). The number of carbonyl (C=O) groups is 1. The van der Waals surface area contributed by atoms with E-state index in [1.54, 1.807) is 12.1 Å². The number of rotatable bonds is 2. The summed E-state index contributed by atoms with van der Waals surface area (Å²) in [4.78, 5) is 11.5. The van der Waals surface area contributed by atoms with E-state index in [0.29, 0.717) is 21.5 Å². The van der Waals surface area contributed by atoms with Gasteiger partial charge in [-0.3, -0.25) is 4.79 Å². The molecule has 1 atom stereocenters. The van der Waals surface area contributed by atoms with Crippen LogP contribution < -0.4 is 15.8 Å². The minimum Gasteiger partial charge on any atom is -0.456 e. The molecule has 0 saturated heterocycles. The zero-order valence-corrected chi connectivity index (χ0v) is 12.1. The lowest BCUT2D eigenvalue weighted by Crippen LogP contribution is -2.19. The third-order valence-electron chi connectivity index (χ3n) is 3.04. The molecule has 0 fully saturated rings. The van der Waals surface area contributed by atoms with Crippen LogP contribution in [0.15, 0.2) is 34.8 Å². The zero-order valence-electron chi connectivity index (χ0n) is 10.5. The van der Waals surface area contributed by atoms with Gasteiger partial charge in [-0.25, -0.2) is 8.78 Å². The Bertz CT molecular complexity index is 732. The number of ether oxygens (including phenoxy) is 1. The summed E-state index contributed by atoms with van der Waals surface area (Å²) < 4.78 is 32.3. The first-order valence-electron chi connectivity index (χ1n) is 5.98. The van der Waals surface area contributed by atoms with Gasteiger partial charge in [0.15, 0.2) is 0 Å². The molecule has 1 heterocycles. The molecule has 0 radical (unpaired) electrons. The quantitative estimate of drug-likeness (QED) is 0.867. The number of fused-ring (bicyclic) bond motifs is 1. The van der Waals surface area contributed by atoms with E-state index in [2.05, 4.69) is 21.2 Å². The van der Waals surface area contributed by atoms with Crippen LogP contribution in [0.25, 0.3) is 0 Å². The van der Waals surface area contributed by atoms with Crippen molar-refractivity contribution >= 4 is 27.5 Å². The molecule has 3 N–H and O–H groups in total. The highest BCUT2D eigenvalue weighted by Gasteiger charge is 2.28.